The molecule has 6 heteroatoms. The Bertz CT molecular complexity index is 730. The maximum Gasteiger partial charge on any atom is 0.257 e. The Kier molecular flexibility index (Phi) is 5.33. The molecule has 1 atom stereocenters. The third-order valence-electron chi connectivity index (χ3n) is 4.01. The number of carbonyl (C=O) groups excluding carboxylic acids is 1. The van der Waals surface area contributed by atoms with E-state index >= 15 is 0 Å². The molecule has 0 aliphatic carbocycles. The molecule has 1 aliphatic rings. The topological polar surface area (TPSA) is 63.2 Å². The summed E-state index contributed by atoms with van der Waals surface area (Å²) in [5.41, 5.74) is 2.95. The average Bonchev–Trinajstić information content (AvgIpc) is 3.10. The van der Waals surface area contributed by atoms with Crippen LogP contribution < -0.4 is 10.6 Å². The molecule has 0 saturated carbocycles. The van der Waals surface area contributed by atoms with Crippen LogP contribution >= 0.6 is 11.6 Å². The first-order valence-corrected chi connectivity index (χ1v) is 8.37. The Hall–Kier alpha value is -2.11. The molecule has 1 amide bonds. The summed E-state index contributed by atoms with van der Waals surface area (Å²) >= 11 is 5.99. The molecule has 2 heterocycles. The number of hydrogen-bond donors (Lipinski definition) is 2. The summed E-state index contributed by atoms with van der Waals surface area (Å²) < 4.78 is 5.58. The smallest absolute Gasteiger partial charge is 0.257 e. The van der Waals surface area contributed by atoms with Gasteiger partial charge < -0.3 is 15.4 Å². The van der Waals surface area contributed by atoms with Crippen molar-refractivity contribution in [3.05, 3.63) is 52.8 Å². The molecular formula is C18H20ClN3O2. The van der Waals surface area contributed by atoms with E-state index in [1.807, 2.05) is 13.0 Å². The summed E-state index contributed by atoms with van der Waals surface area (Å²) in [6, 6.07) is 7.19. The number of rotatable bonds is 5. The largest absolute Gasteiger partial charge is 0.381 e. The monoisotopic (exact) mass is 345 g/mol. The van der Waals surface area contributed by atoms with Gasteiger partial charge in [0.05, 0.1) is 17.4 Å². The van der Waals surface area contributed by atoms with Crippen molar-refractivity contribution in [2.24, 2.45) is 0 Å². The Morgan fingerprint density at radius 2 is 2.25 bits per heavy atom. The molecule has 5 nitrogen and oxygen atoms in total. The molecule has 1 unspecified atom stereocenters. The van der Waals surface area contributed by atoms with Gasteiger partial charge >= 0.3 is 0 Å². The third-order valence-corrected chi connectivity index (χ3v) is 4.24. The van der Waals surface area contributed by atoms with Crippen LogP contribution in [0.3, 0.4) is 0 Å². The molecule has 126 valence electrons. The van der Waals surface area contributed by atoms with Gasteiger partial charge in [0.15, 0.2) is 0 Å². The van der Waals surface area contributed by atoms with E-state index in [0.717, 1.165) is 37.2 Å². The first-order valence-electron chi connectivity index (χ1n) is 8.00. The Labute approximate surface area is 146 Å². The van der Waals surface area contributed by atoms with Crippen molar-refractivity contribution in [2.75, 3.05) is 23.8 Å². The SMILES string of the molecule is Cc1ccc(Cl)cc1NC(=O)c1cncc(NCC2CCCO2)c1. The van der Waals surface area contributed by atoms with E-state index in [2.05, 4.69) is 15.6 Å². The molecule has 2 N–H and O–H groups in total. The standard InChI is InChI=1S/C18H20ClN3O2/c1-12-4-5-14(19)8-17(12)22-18(23)13-7-15(10-20-9-13)21-11-16-3-2-6-24-16/h4-5,7-10,16,21H,2-3,6,11H2,1H3,(H,22,23). The fourth-order valence-electron chi connectivity index (χ4n) is 2.62. The van der Waals surface area contributed by atoms with Crippen LogP contribution in [-0.4, -0.2) is 30.1 Å². The van der Waals surface area contributed by atoms with Crippen LogP contribution in [0.15, 0.2) is 36.7 Å². The van der Waals surface area contributed by atoms with Gasteiger partial charge in [-0.25, -0.2) is 0 Å². The minimum absolute atomic E-state index is 0.214. The predicted octanol–water partition coefficient (Wildman–Crippen LogP) is 3.89. The lowest BCUT2D eigenvalue weighted by Gasteiger charge is -2.13. The molecule has 1 saturated heterocycles. The van der Waals surface area contributed by atoms with E-state index in [9.17, 15) is 4.79 Å². The van der Waals surface area contributed by atoms with Crippen molar-refractivity contribution in [1.29, 1.82) is 0 Å². The van der Waals surface area contributed by atoms with Crippen molar-refractivity contribution in [3.63, 3.8) is 0 Å². The molecule has 24 heavy (non-hydrogen) atoms. The predicted molar refractivity (Wildman–Crippen MR) is 95.8 cm³/mol. The van der Waals surface area contributed by atoms with Crippen LogP contribution in [0.4, 0.5) is 11.4 Å². The second-order valence-electron chi connectivity index (χ2n) is 5.89. The zero-order chi connectivity index (χ0) is 16.9. The maximum absolute atomic E-state index is 12.4. The minimum Gasteiger partial charge on any atom is -0.381 e. The molecular weight excluding hydrogens is 326 g/mol. The van der Waals surface area contributed by atoms with Gasteiger partial charge in [-0.05, 0) is 43.5 Å². The molecule has 1 aromatic heterocycles. The highest BCUT2D eigenvalue weighted by molar-refractivity contribution is 6.31. The fourth-order valence-corrected chi connectivity index (χ4v) is 2.79. The van der Waals surface area contributed by atoms with Gasteiger partial charge in [-0.2, -0.15) is 0 Å². The lowest BCUT2D eigenvalue weighted by molar-refractivity contribution is 0.102. The third kappa shape index (κ3) is 4.24. The van der Waals surface area contributed by atoms with E-state index in [1.165, 1.54) is 0 Å². The van der Waals surface area contributed by atoms with Gasteiger partial charge in [0, 0.05) is 36.3 Å². The van der Waals surface area contributed by atoms with E-state index in [1.54, 1.807) is 30.6 Å². The quantitative estimate of drug-likeness (QED) is 0.863. The van der Waals surface area contributed by atoms with Crippen molar-refractivity contribution >= 4 is 28.9 Å². The van der Waals surface area contributed by atoms with Crippen molar-refractivity contribution in [1.82, 2.24) is 4.98 Å². The first-order chi connectivity index (χ1) is 11.6. The van der Waals surface area contributed by atoms with Crippen molar-refractivity contribution in [3.8, 4) is 0 Å². The van der Waals surface area contributed by atoms with Gasteiger partial charge in [-0.15, -0.1) is 0 Å². The average molecular weight is 346 g/mol. The van der Waals surface area contributed by atoms with E-state index in [4.69, 9.17) is 16.3 Å². The highest BCUT2D eigenvalue weighted by atomic mass is 35.5. The van der Waals surface area contributed by atoms with Gasteiger partial charge in [0.1, 0.15) is 0 Å². The molecule has 0 radical (unpaired) electrons. The van der Waals surface area contributed by atoms with Crippen LogP contribution in [0.25, 0.3) is 0 Å². The maximum atomic E-state index is 12.4. The van der Waals surface area contributed by atoms with Gasteiger partial charge in [-0.3, -0.25) is 9.78 Å². The van der Waals surface area contributed by atoms with E-state index < -0.39 is 0 Å². The van der Waals surface area contributed by atoms with E-state index in [0.29, 0.717) is 16.3 Å². The second kappa shape index (κ2) is 7.64. The zero-order valence-corrected chi connectivity index (χ0v) is 14.3. The molecule has 0 spiro atoms. The van der Waals surface area contributed by atoms with Crippen LogP contribution in [0.1, 0.15) is 28.8 Å². The molecule has 0 bridgehead atoms. The number of benzene rings is 1. The van der Waals surface area contributed by atoms with Crippen LogP contribution in [0, 0.1) is 6.92 Å². The van der Waals surface area contributed by atoms with Crippen molar-refractivity contribution in [2.45, 2.75) is 25.9 Å². The number of ether oxygens (including phenoxy) is 1. The highest BCUT2D eigenvalue weighted by Gasteiger charge is 2.15. The number of amides is 1. The number of hydrogen-bond acceptors (Lipinski definition) is 4. The van der Waals surface area contributed by atoms with Crippen LogP contribution in [0.5, 0.6) is 0 Å². The van der Waals surface area contributed by atoms with Gasteiger partial charge in [-0.1, -0.05) is 17.7 Å². The lowest BCUT2D eigenvalue weighted by Crippen LogP contribution is -2.19. The summed E-state index contributed by atoms with van der Waals surface area (Å²) in [5, 5.41) is 6.74. The lowest BCUT2D eigenvalue weighted by atomic mass is 10.2. The fraction of sp³-hybridized carbons (Fsp3) is 0.333. The number of carbonyl (C=O) groups is 1. The Morgan fingerprint density at radius 1 is 1.38 bits per heavy atom. The normalized spacial score (nSPS) is 16.8. The van der Waals surface area contributed by atoms with Crippen LogP contribution in [-0.2, 0) is 4.74 Å². The minimum atomic E-state index is -0.214. The zero-order valence-electron chi connectivity index (χ0n) is 13.5. The number of anilines is 2. The van der Waals surface area contributed by atoms with Crippen LogP contribution in [0.2, 0.25) is 5.02 Å². The first kappa shape index (κ1) is 16.7. The Balaban J connectivity index is 1.66. The highest BCUT2D eigenvalue weighted by Crippen LogP contribution is 2.21. The van der Waals surface area contributed by atoms with E-state index in [-0.39, 0.29) is 12.0 Å². The molecule has 2 aromatic rings. The summed E-state index contributed by atoms with van der Waals surface area (Å²) in [4.78, 5) is 16.6. The number of pyridine rings is 1. The summed E-state index contributed by atoms with van der Waals surface area (Å²) in [6.45, 7) is 3.47. The number of halogens is 1. The summed E-state index contributed by atoms with van der Waals surface area (Å²) in [6.07, 6.45) is 5.65. The number of aromatic nitrogens is 1. The second-order valence-corrected chi connectivity index (χ2v) is 6.33. The summed E-state index contributed by atoms with van der Waals surface area (Å²) in [5.74, 6) is -0.214. The number of nitrogens with zero attached hydrogens (tertiary/aromatic N) is 1. The van der Waals surface area contributed by atoms with Gasteiger partial charge in [0.25, 0.3) is 5.91 Å². The number of nitrogens with one attached hydrogen (secondary N) is 2. The molecule has 1 fully saturated rings. The van der Waals surface area contributed by atoms with Gasteiger partial charge in [0.2, 0.25) is 0 Å². The summed E-state index contributed by atoms with van der Waals surface area (Å²) in [7, 11) is 0. The molecule has 1 aliphatic heterocycles. The number of aryl methyl sites for hydroxylation is 1. The van der Waals surface area contributed by atoms with Crippen molar-refractivity contribution < 1.29 is 9.53 Å². The molecule has 3 rings (SSSR count). The Morgan fingerprint density at radius 3 is 3.04 bits per heavy atom. The molecule has 1 aromatic carbocycles.